The maximum Gasteiger partial charge on any atom is 0.292 e. The number of carbonyl (C=O) groups excluding carboxylic acids is 1. The largest absolute Gasteiger partial charge is 0.394 e. The van der Waals surface area contributed by atoms with Gasteiger partial charge in [0.1, 0.15) is 11.8 Å². The second-order valence-corrected chi connectivity index (χ2v) is 5.33. The molecule has 0 saturated carbocycles. The number of benzene rings is 1. The number of aliphatic hydroxyl groups excluding tert-OH is 2. The molecule has 0 aliphatic carbocycles. The summed E-state index contributed by atoms with van der Waals surface area (Å²) < 4.78 is 0. The van der Waals surface area contributed by atoms with Crippen molar-refractivity contribution in [2.75, 3.05) is 12.3 Å². The van der Waals surface area contributed by atoms with Crippen LogP contribution in [0.1, 0.15) is 44.3 Å². The summed E-state index contributed by atoms with van der Waals surface area (Å²) in [6.45, 7) is 1.56. The Kier molecular flexibility index (Phi) is 7.43. The Balaban J connectivity index is 2.76. The summed E-state index contributed by atoms with van der Waals surface area (Å²) in [6.07, 6.45) is 1.76. The Bertz CT molecular complexity index is 550. The molecule has 2 atom stereocenters. The van der Waals surface area contributed by atoms with Crippen LogP contribution in [0, 0.1) is 10.1 Å². The van der Waals surface area contributed by atoms with Crippen LogP contribution < -0.4 is 11.1 Å². The fourth-order valence-electron chi connectivity index (χ4n) is 2.19. The van der Waals surface area contributed by atoms with E-state index in [-0.39, 0.29) is 17.3 Å². The molecular formula is C15H23N3O5. The predicted molar refractivity (Wildman–Crippen MR) is 85.6 cm³/mol. The van der Waals surface area contributed by atoms with E-state index in [1.807, 2.05) is 6.92 Å². The van der Waals surface area contributed by atoms with Gasteiger partial charge in [0.15, 0.2) is 0 Å². The van der Waals surface area contributed by atoms with Gasteiger partial charge >= 0.3 is 0 Å². The Morgan fingerprint density at radius 3 is 2.65 bits per heavy atom. The molecule has 0 aliphatic rings. The van der Waals surface area contributed by atoms with E-state index < -0.39 is 23.7 Å². The molecule has 0 aromatic heterocycles. The first-order valence-corrected chi connectivity index (χ1v) is 7.52. The number of carbonyl (C=O) groups is 1. The molecule has 0 fully saturated rings. The molecule has 1 rings (SSSR count). The van der Waals surface area contributed by atoms with Gasteiger partial charge in [0.2, 0.25) is 5.91 Å². The Morgan fingerprint density at radius 2 is 2.13 bits per heavy atom. The summed E-state index contributed by atoms with van der Waals surface area (Å²) in [5.74, 6) is -0.258. The van der Waals surface area contributed by atoms with Gasteiger partial charge in [-0.2, -0.15) is 0 Å². The molecule has 0 aliphatic heterocycles. The molecule has 1 amide bonds. The molecule has 128 valence electrons. The lowest BCUT2D eigenvalue weighted by Crippen LogP contribution is -2.41. The summed E-state index contributed by atoms with van der Waals surface area (Å²) in [5, 5.41) is 32.9. The molecule has 5 N–H and O–H groups in total. The lowest BCUT2D eigenvalue weighted by molar-refractivity contribution is -0.383. The third-order valence-electron chi connectivity index (χ3n) is 3.52. The van der Waals surface area contributed by atoms with Crippen LogP contribution in [0.5, 0.6) is 0 Å². The molecule has 0 unspecified atom stereocenters. The Labute approximate surface area is 134 Å². The fraction of sp³-hybridized carbons (Fsp3) is 0.533. The molecule has 0 bridgehead atoms. The third kappa shape index (κ3) is 5.50. The smallest absolute Gasteiger partial charge is 0.292 e. The minimum Gasteiger partial charge on any atom is -0.394 e. The maximum absolute atomic E-state index is 11.8. The predicted octanol–water partition coefficient (Wildman–Crippen LogP) is 1.27. The number of rotatable bonds is 9. The average Bonchev–Trinajstić information content (AvgIpc) is 2.51. The van der Waals surface area contributed by atoms with Crippen molar-refractivity contribution in [1.82, 2.24) is 5.32 Å². The highest BCUT2D eigenvalue weighted by Crippen LogP contribution is 2.26. The van der Waals surface area contributed by atoms with Crippen LogP contribution in [0.3, 0.4) is 0 Å². The molecular weight excluding hydrogens is 302 g/mol. The zero-order valence-electron chi connectivity index (χ0n) is 13.1. The van der Waals surface area contributed by atoms with Crippen LogP contribution in [0.25, 0.3) is 0 Å². The standard InChI is InChI=1S/C15H23N3O5/c1-2-3-4-5-14(20)17-12(9-19)15(21)10-6-7-13(18(22)23)11(16)8-10/h6-8,12,15,19,21H,2-5,9,16H2,1H3,(H,17,20)/t12-,15-/m1/s1. The van der Waals surface area contributed by atoms with Gasteiger partial charge in [0.05, 0.1) is 17.6 Å². The van der Waals surface area contributed by atoms with E-state index in [0.717, 1.165) is 19.3 Å². The number of nitro groups is 1. The second-order valence-electron chi connectivity index (χ2n) is 5.33. The van der Waals surface area contributed by atoms with Crippen LogP contribution in [-0.2, 0) is 4.79 Å². The van der Waals surface area contributed by atoms with Gasteiger partial charge in [-0.05, 0) is 24.1 Å². The monoisotopic (exact) mass is 325 g/mol. The van der Waals surface area contributed by atoms with Gasteiger partial charge in [0, 0.05) is 12.5 Å². The molecule has 8 heteroatoms. The molecule has 0 saturated heterocycles. The van der Waals surface area contributed by atoms with Crippen molar-refractivity contribution in [3.8, 4) is 0 Å². The Morgan fingerprint density at radius 1 is 1.43 bits per heavy atom. The number of unbranched alkanes of at least 4 members (excludes halogenated alkanes) is 2. The normalized spacial score (nSPS) is 13.3. The first kappa shape index (κ1) is 18.9. The molecule has 8 nitrogen and oxygen atoms in total. The van der Waals surface area contributed by atoms with Gasteiger partial charge in [-0.1, -0.05) is 19.8 Å². The summed E-state index contributed by atoms with van der Waals surface area (Å²) >= 11 is 0. The fourth-order valence-corrected chi connectivity index (χ4v) is 2.19. The van der Waals surface area contributed by atoms with Crippen molar-refractivity contribution in [2.24, 2.45) is 0 Å². The highest BCUT2D eigenvalue weighted by Gasteiger charge is 2.23. The number of anilines is 1. The zero-order chi connectivity index (χ0) is 17.4. The SMILES string of the molecule is CCCCCC(=O)N[C@H](CO)[C@H](O)c1ccc([N+](=O)[O-])c(N)c1. The number of aliphatic hydroxyl groups is 2. The summed E-state index contributed by atoms with van der Waals surface area (Å²) in [4.78, 5) is 21.9. The zero-order valence-corrected chi connectivity index (χ0v) is 13.1. The first-order chi connectivity index (χ1) is 10.9. The number of nitrogens with two attached hydrogens (primary N) is 1. The van der Waals surface area contributed by atoms with Gasteiger partial charge in [-0.25, -0.2) is 0 Å². The number of amides is 1. The maximum atomic E-state index is 11.8. The van der Waals surface area contributed by atoms with Gasteiger partial charge in [0.25, 0.3) is 5.69 Å². The van der Waals surface area contributed by atoms with E-state index in [4.69, 9.17) is 5.73 Å². The van der Waals surface area contributed by atoms with Crippen LogP contribution >= 0.6 is 0 Å². The third-order valence-corrected chi connectivity index (χ3v) is 3.52. The lowest BCUT2D eigenvalue weighted by Gasteiger charge is -2.23. The van der Waals surface area contributed by atoms with Crippen molar-refractivity contribution in [3.05, 3.63) is 33.9 Å². The number of hydrogen-bond acceptors (Lipinski definition) is 6. The van der Waals surface area contributed by atoms with Gasteiger partial charge in [-0.3, -0.25) is 14.9 Å². The van der Waals surface area contributed by atoms with Gasteiger partial charge < -0.3 is 21.3 Å². The summed E-state index contributed by atoms with van der Waals surface area (Å²) in [5.41, 5.74) is 5.53. The molecule has 1 aromatic rings. The second kappa shape index (κ2) is 9.06. The molecule has 23 heavy (non-hydrogen) atoms. The van der Waals surface area contributed by atoms with Crippen molar-refractivity contribution in [1.29, 1.82) is 0 Å². The Hall–Kier alpha value is -2.19. The van der Waals surface area contributed by atoms with E-state index in [1.165, 1.54) is 18.2 Å². The van der Waals surface area contributed by atoms with Crippen molar-refractivity contribution in [2.45, 2.75) is 44.8 Å². The molecule has 0 spiro atoms. The van der Waals surface area contributed by atoms with Crippen molar-refractivity contribution < 1.29 is 19.9 Å². The van der Waals surface area contributed by atoms with E-state index in [2.05, 4.69) is 5.32 Å². The first-order valence-electron chi connectivity index (χ1n) is 7.52. The van der Waals surface area contributed by atoms with Crippen LogP contribution in [0.15, 0.2) is 18.2 Å². The minimum atomic E-state index is -1.21. The van der Waals surface area contributed by atoms with E-state index >= 15 is 0 Å². The van der Waals surface area contributed by atoms with Crippen molar-refractivity contribution >= 4 is 17.3 Å². The average molecular weight is 325 g/mol. The number of nitro benzene ring substituents is 1. The molecule has 1 aromatic carbocycles. The van der Waals surface area contributed by atoms with E-state index in [1.54, 1.807) is 0 Å². The highest BCUT2D eigenvalue weighted by atomic mass is 16.6. The van der Waals surface area contributed by atoms with Crippen molar-refractivity contribution in [3.63, 3.8) is 0 Å². The molecule has 0 heterocycles. The quantitative estimate of drug-likeness (QED) is 0.233. The van der Waals surface area contributed by atoms with Gasteiger partial charge in [-0.15, -0.1) is 0 Å². The number of nitrogens with zero attached hydrogens (tertiary/aromatic N) is 1. The van der Waals surface area contributed by atoms with E-state index in [0.29, 0.717) is 12.0 Å². The number of nitrogens with one attached hydrogen (secondary N) is 1. The summed E-state index contributed by atoms with van der Waals surface area (Å²) in [6, 6.07) is 2.91. The summed E-state index contributed by atoms with van der Waals surface area (Å²) in [7, 11) is 0. The lowest BCUT2D eigenvalue weighted by atomic mass is 10.0. The molecule has 0 radical (unpaired) electrons. The van der Waals surface area contributed by atoms with Crippen LogP contribution in [-0.4, -0.2) is 33.7 Å². The number of nitrogen functional groups attached to an aromatic ring is 1. The number of hydrogen-bond donors (Lipinski definition) is 4. The topological polar surface area (TPSA) is 139 Å². The van der Waals surface area contributed by atoms with Crippen LogP contribution in [0.4, 0.5) is 11.4 Å². The highest BCUT2D eigenvalue weighted by molar-refractivity contribution is 5.76. The van der Waals surface area contributed by atoms with E-state index in [9.17, 15) is 25.1 Å². The minimum absolute atomic E-state index is 0.0856. The van der Waals surface area contributed by atoms with Crippen LogP contribution in [0.2, 0.25) is 0 Å².